The maximum absolute atomic E-state index is 5.97. The van der Waals surface area contributed by atoms with E-state index in [0.29, 0.717) is 23.5 Å². The van der Waals surface area contributed by atoms with Crippen molar-refractivity contribution in [3.63, 3.8) is 0 Å². The number of fused-ring (bicyclic) bond motifs is 3. The molecule has 1 N–H and O–H groups in total. The minimum atomic E-state index is 0.432. The molecule has 1 spiro atoms. The van der Waals surface area contributed by atoms with Crippen molar-refractivity contribution in [3.8, 4) is 0 Å². The van der Waals surface area contributed by atoms with Crippen LogP contribution in [0.2, 0.25) is 0 Å². The number of hydrogen-bond acceptors (Lipinski definition) is 4. The number of hydrogen-bond donors (Lipinski definition) is 1. The summed E-state index contributed by atoms with van der Waals surface area (Å²) < 4.78 is 8.05. The molecule has 5 rings (SSSR count). The zero-order chi connectivity index (χ0) is 13.9. The summed E-state index contributed by atoms with van der Waals surface area (Å²) in [7, 11) is 0. The summed E-state index contributed by atoms with van der Waals surface area (Å²) in [5.74, 6) is 1.71. The first kappa shape index (κ1) is 12.1. The van der Waals surface area contributed by atoms with Crippen LogP contribution in [-0.4, -0.2) is 33.4 Å². The van der Waals surface area contributed by atoms with Gasteiger partial charge in [0.25, 0.3) is 0 Å². The van der Waals surface area contributed by atoms with Crippen molar-refractivity contribution in [1.82, 2.24) is 19.9 Å². The first-order chi connectivity index (χ1) is 10.4. The normalized spacial score (nSPS) is 32.9. The van der Waals surface area contributed by atoms with Crippen molar-refractivity contribution >= 4 is 5.65 Å². The molecule has 0 radical (unpaired) electrons. The van der Waals surface area contributed by atoms with Crippen molar-refractivity contribution in [2.24, 2.45) is 11.3 Å². The van der Waals surface area contributed by atoms with E-state index >= 15 is 0 Å². The molecular formula is C16H20N4O. The van der Waals surface area contributed by atoms with E-state index in [9.17, 15) is 0 Å². The van der Waals surface area contributed by atoms with Gasteiger partial charge in [0.05, 0.1) is 12.6 Å². The van der Waals surface area contributed by atoms with Crippen LogP contribution in [0.3, 0.4) is 0 Å². The van der Waals surface area contributed by atoms with E-state index < -0.39 is 0 Å². The number of rotatable bonds is 3. The Kier molecular flexibility index (Phi) is 2.47. The van der Waals surface area contributed by atoms with E-state index in [4.69, 9.17) is 4.74 Å². The molecule has 2 aromatic rings. The highest BCUT2D eigenvalue weighted by Crippen LogP contribution is 2.62. The fourth-order valence-electron chi connectivity index (χ4n) is 4.77. The van der Waals surface area contributed by atoms with Gasteiger partial charge in [0, 0.05) is 30.2 Å². The van der Waals surface area contributed by atoms with E-state index in [1.807, 2.05) is 24.4 Å². The van der Waals surface area contributed by atoms with Crippen LogP contribution < -0.4 is 5.32 Å². The molecule has 0 bridgehead atoms. The molecule has 21 heavy (non-hydrogen) atoms. The minimum absolute atomic E-state index is 0.432. The van der Waals surface area contributed by atoms with Crippen molar-refractivity contribution in [2.75, 3.05) is 6.61 Å². The smallest absolute Gasteiger partial charge is 0.160 e. The Morgan fingerprint density at radius 3 is 3.14 bits per heavy atom. The van der Waals surface area contributed by atoms with Crippen LogP contribution in [0.15, 0.2) is 24.4 Å². The summed E-state index contributed by atoms with van der Waals surface area (Å²) in [5.41, 5.74) is 1.35. The fraction of sp³-hybridized carbons (Fsp3) is 0.625. The molecule has 0 amide bonds. The molecule has 2 aromatic heterocycles. The average molecular weight is 284 g/mol. The van der Waals surface area contributed by atoms with Crippen molar-refractivity contribution in [2.45, 2.75) is 44.4 Å². The highest BCUT2D eigenvalue weighted by atomic mass is 16.5. The predicted octanol–water partition coefficient (Wildman–Crippen LogP) is 1.78. The molecule has 3 atom stereocenters. The summed E-state index contributed by atoms with van der Waals surface area (Å²) >= 11 is 0. The molecule has 1 saturated heterocycles. The lowest BCUT2D eigenvalue weighted by molar-refractivity contribution is -0.176. The Morgan fingerprint density at radius 1 is 1.33 bits per heavy atom. The van der Waals surface area contributed by atoms with Gasteiger partial charge < -0.3 is 10.1 Å². The van der Waals surface area contributed by atoms with E-state index in [1.54, 1.807) is 0 Å². The average Bonchev–Trinajstić information content (AvgIpc) is 3.04. The van der Waals surface area contributed by atoms with Gasteiger partial charge in [-0.15, -0.1) is 10.2 Å². The quantitative estimate of drug-likeness (QED) is 0.933. The Bertz CT molecular complexity index is 678. The molecule has 2 saturated carbocycles. The van der Waals surface area contributed by atoms with Crippen molar-refractivity contribution < 1.29 is 4.74 Å². The Labute approximate surface area is 123 Å². The Hall–Kier alpha value is -1.46. The van der Waals surface area contributed by atoms with Crippen LogP contribution in [0.25, 0.3) is 5.65 Å². The van der Waals surface area contributed by atoms with Crippen LogP contribution in [0.1, 0.15) is 31.5 Å². The standard InChI is InChI=1S/C16H20N4O/c1-2-8-20-12(4-1)18-19-13(20)10-17-14-11-5-9-21-15(11)16(14)6-3-7-16/h1-2,4,8,11,14-15,17H,3,5-7,9-10H2/t11-,14-,15+/m1/s1. The number of nitrogens with one attached hydrogen (secondary N) is 1. The molecule has 0 unspecified atom stereocenters. The van der Waals surface area contributed by atoms with Gasteiger partial charge >= 0.3 is 0 Å². The molecule has 5 heteroatoms. The predicted molar refractivity (Wildman–Crippen MR) is 77.7 cm³/mol. The topological polar surface area (TPSA) is 51.5 Å². The molecule has 110 valence electrons. The van der Waals surface area contributed by atoms with Gasteiger partial charge in [-0.3, -0.25) is 4.40 Å². The van der Waals surface area contributed by atoms with Gasteiger partial charge in [0.1, 0.15) is 0 Å². The second-order valence-electron chi connectivity index (χ2n) is 6.73. The molecule has 3 fully saturated rings. The third-order valence-corrected chi connectivity index (χ3v) is 5.90. The maximum Gasteiger partial charge on any atom is 0.160 e. The number of pyridine rings is 1. The molecule has 3 aliphatic rings. The highest BCUT2D eigenvalue weighted by molar-refractivity contribution is 5.37. The van der Waals surface area contributed by atoms with Gasteiger partial charge in [-0.05, 0) is 31.4 Å². The summed E-state index contributed by atoms with van der Waals surface area (Å²) in [6, 6.07) is 6.62. The summed E-state index contributed by atoms with van der Waals surface area (Å²) in [6.45, 7) is 1.74. The van der Waals surface area contributed by atoms with Gasteiger partial charge in [-0.1, -0.05) is 12.5 Å². The zero-order valence-electron chi connectivity index (χ0n) is 12.0. The van der Waals surface area contributed by atoms with E-state index in [1.165, 1.54) is 25.7 Å². The molecule has 5 nitrogen and oxygen atoms in total. The van der Waals surface area contributed by atoms with Gasteiger partial charge in [0.2, 0.25) is 0 Å². The second kappa shape index (κ2) is 4.27. The molecule has 0 aromatic carbocycles. The monoisotopic (exact) mass is 284 g/mol. The summed E-state index contributed by atoms with van der Waals surface area (Å²) in [5, 5.41) is 12.3. The van der Waals surface area contributed by atoms with Gasteiger partial charge in [-0.2, -0.15) is 0 Å². The minimum Gasteiger partial charge on any atom is -0.377 e. The van der Waals surface area contributed by atoms with Crippen molar-refractivity contribution in [1.29, 1.82) is 0 Å². The second-order valence-corrected chi connectivity index (χ2v) is 6.73. The molecule has 1 aliphatic heterocycles. The lowest BCUT2D eigenvalue weighted by Crippen LogP contribution is -2.70. The number of aromatic nitrogens is 3. The molecular weight excluding hydrogens is 264 g/mol. The van der Waals surface area contributed by atoms with Crippen LogP contribution in [0, 0.1) is 11.3 Å². The first-order valence-corrected chi connectivity index (χ1v) is 8.02. The van der Waals surface area contributed by atoms with E-state index in [2.05, 4.69) is 19.9 Å². The largest absolute Gasteiger partial charge is 0.377 e. The Morgan fingerprint density at radius 2 is 2.29 bits per heavy atom. The molecule has 2 aliphatic carbocycles. The highest BCUT2D eigenvalue weighted by Gasteiger charge is 2.66. The number of ether oxygens (including phenoxy) is 1. The lowest BCUT2D eigenvalue weighted by Gasteiger charge is -2.63. The third-order valence-electron chi connectivity index (χ3n) is 5.90. The first-order valence-electron chi connectivity index (χ1n) is 8.02. The van der Waals surface area contributed by atoms with Gasteiger partial charge in [-0.25, -0.2) is 0 Å². The zero-order valence-corrected chi connectivity index (χ0v) is 12.0. The van der Waals surface area contributed by atoms with E-state index in [-0.39, 0.29) is 0 Å². The molecule has 3 heterocycles. The van der Waals surface area contributed by atoms with Crippen LogP contribution >= 0.6 is 0 Å². The SMILES string of the molecule is c1ccn2c(CN[C@@H]3[C@H]4CCO[C@@H]4C34CCC4)nnc2c1. The van der Waals surface area contributed by atoms with Crippen LogP contribution in [0.5, 0.6) is 0 Å². The van der Waals surface area contributed by atoms with E-state index in [0.717, 1.165) is 24.6 Å². The summed E-state index contributed by atoms with van der Waals surface area (Å²) in [4.78, 5) is 0. The van der Waals surface area contributed by atoms with Crippen LogP contribution in [0.4, 0.5) is 0 Å². The Balaban J connectivity index is 1.36. The van der Waals surface area contributed by atoms with Gasteiger partial charge in [0.15, 0.2) is 11.5 Å². The van der Waals surface area contributed by atoms with Crippen molar-refractivity contribution in [3.05, 3.63) is 30.2 Å². The van der Waals surface area contributed by atoms with Crippen LogP contribution in [-0.2, 0) is 11.3 Å². The lowest BCUT2D eigenvalue weighted by atomic mass is 9.46. The fourth-order valence-corrected chi connectivity index (χ4v) is 4.77. The summed E-state index contributed by atoms with van der Waals surface area (Å²) in [6.07, 6.45) is 7.79. The maximum atomic E-state index is 5.97. The third kappa shape index (κ3) is 1.53. The number of nitrogens with zero attached hydrogens (tertiary/aromatic N) is 3.